The average molecular weight is 393 g/mol. The number of esters is 1. The quantitative estimate of drug-likeness (QED) is 0.679. The molecule has 26 heavy (non-hydrogen) atoms. The standard InChI is InChI=1S/C16H15N3O5S2/c1-9-8-25-16-17-10(2)13(14(20)19(9)16)26(22,23)18-12-6-4-11(5-7-12)15(21)24-3/h4-8,18H,1-3H3. The summed E-state index contributed by atoms with van der Waals surface area (Å²) in [5.41, 5.74) is 0.578. The van der Waals surface area contributed by atoms with Crippen LogP contribution < -0.4 is 10.3 Å². The predicted octanol–water partition coefficient (Wildman–Crippen LogP) is 1.96. The molecule has 0 fully saturated rings. The number of carbonyl (C=O) groups excluding carboxylic acids is 1. The summed E-state index contributed by atoms with van der Waals surface area (Å²) in [7, 11) is -2.90. The van der Waals surface area contributed by atoms with E-state index in [0.29, 0.717) is 10.7 Å². The van der Waals surface area contributed by atoms with Gasteiger partial charge in [-0.15, -0.1) is 11.3 Å². The minimum Gasteiger partial charge on any atom is -0.465 e. The maximum Gasteiger partial charge on any atom is 0.337 e. The van der Waals surface area contributed by atoms with Gasteiger partial charge in [0.05, 0.1) is 18.4 Å². The number of rotatable bonds is 4. The number of nitrogens with one attached hydrogen (secondary N) is 1. The van der Waals surface area contributed by atoms with Gasteiger partial charge in [-0.2, -0.15) is 0 Å². The van der Waals surface area contributed by atoms with Crippen LogP contribution in [0.3, 0.4) is 0 Å². The molecule has 0 saturated carbocycles. The first kappa shape index (κ1) is 18.1. The van der Waals surface area contributed by atoms with E-state index in [-0.39, 0.29) is 16.9 Å². The number of hydrogen-bond donors (Lipinski definition) is 1. The number of nitrogens with zero attached hydrogens (tertiary/aromatic N) is 2. The molecule has 0 aliphatic heterocycles. The van der Waals surface area contributed by atoms with Crippen molar-refractivity contribution >= 4 is 38.0 Å². The Morgan fingerprint density at radius 1 is 1.23 bits per heavy atom. The molecular formula is C16H15N3O5S2. The first-order valence-corrected chi connectivity index (χ1v) is 9.79. The number of hydrogen-bond acceptors (Lipinski definition) is 7. The molecule has 2 aromatic heterocycles. The van der Waals surface area contributed by atoms with Crippen LogP contribution in [0.15, 0.2) is 39.3 Å². The molecule has 2 heterocycles. The van der Waals surface area contributed by atoms with Gasteiger partial charge in [-0.05, 0) is 38.1 Å². The van der Waals surface area contributed by atoms with Crippen LogP contribution in [-0.2, 0) is 14.8 Å². The van der Waals surface area contributed by atoms with Crippen LogP contribution in [0.25, 0.3) is 4.96 Å². The van der Waals surface area contributed by atoms with Gasteiger partial charge in [0.2, 0.25) is 0 Å². The van der Waals surface area contributed by atoms with Gasteiger partial charge in [0.25, 0.3) is 15.6 Å². The van der Waals surface area contributed by atoms with E-state index in [9.17, 15) is 18.0 Å². The minimum absolute atomic E-state index is 0.121. The monoisotopic (exact) mass is 393 g/mol. The zero-order valence-corrected chi connectivity index (χ0v) is 15.8. The fourth-order valence-corrected chi connectivity index (χ4v) is 4.68. The fourth-order valence-electron chi connectivity index (χ4n) is 2.48. The lowest BCUT2D eigenvalue weighted by molar-refractivity contribution is 0.0601. The molecular weight excluding hydrogens is 378 g/mol. The van der Waals surface area contributed by atoms with Crippen molar-refractivity contribution in [3.63, 3.8) is 0 Å². The zero-order valence-electron chi connectivity index (χ0n) is 14.1. The van der Waals surface area contributed by atoms with Gasteiger partial charge in [-0.25, -0.2) is 18.2 Å². The molecule has 0 atom stereocenters. The van der Waals surface area contributed by atoms with E-state index in [1.165, 1.54) is 54.0 Å². The summed E-state index contributed by atoms with van der Waals surface area (Å²) in [6, 6.07) is 5.68. The van der Waals surface area contributed by atoms with Crippen LogP contribution in [0.2, 0.25) is 0 Å². The Hall–Kier alpha value is -2.72. The van der Waals surface area contributed by atoms with Crippen molar-refractivity contribution in [1.82, 2.24) is 9.38 Å². The second-order valence-corrected chi connectivity index (χ2v) is 7.96. The van der Waals surface area contributed by atoms with Gasteiger partial charge in [0, 0.05) is 16.8 Å². The molecule has 1 N–H and O–H groups in total. The highest BCUT2D eigenvalue weighted by atomic mass is 32.2. The molecule has 0 bridgehead atoms. The summed E-state index contributed by atoms with van der Waals surface area (Å²) >= 11 is 1.26. The Labute approximate surface area is 153 Å². The predicted molar refractivity (Wildman–Crippen MR) is 97.4 cm³/mol. The smallest absolute Gasteiger partial charge is 0.337 e. The molecule has 1 aromatic carbocycles. The summed E-state index contributed by atoms with van der Waals surface area (Å²) < 4.78 is 33.7. The number of methoxy groups -OCH3 is 1. The van der Waals surface area contributed by atoms with E-state index < -0.39 is 26.4 Å². The molecule has 136 valence electrons. The Balaban J connectivity index is 2.03. The van der Waals surface area contributed by atoms with Crippen molar-refractivity contribution in [3.05, 3.63) is 57.0 Å². The van der Waals surface area contributed by atoms with E-state index >= 15 is 0 Å². The van der Waals surface area contributed by atoms with Crippen molar-refractivity contribution in [2.75, 3.05) is 11.8 Å². The SMILES string of the molecule is COC(=O)c1ccc(NS(=O)(=O)c2c(C)nc3scc(C)n3c2=O)cc1. The molecule has 0 unspecified atom stereocenters. The second-order valence-electron chi connectivity index (χ2n) is 5.50. The number of aromatic nitrogens is 2. The third-order valence-corrected chi connectivity index (χ3v) is 6.15. The normalized spacial score (nSPS) is 11.5. The highest BCUT2D eigenvalue weighted by Gasteiger charge is 2.25. The first-order valence-electron chi connectivity index (χ1n) is 7.43. The lowest BCUT2D eigenvalue weighted by Gasteiger charge is -2.10. The van der Waals surface area contributed by atoms with Crippen molar-refractivity contribution in [1.29, 1.82) is 0 Å². The summed E-state index contributed by atoms with van der Waals surface area (Å²) in [6.45, 7) is 3.18. The molecule has 8 nitrogen and oxygen atoms in total. The number of ether oxygens (including phenoxy) is 1. The molecule has 3 aromatic rings. The minimum atomic E-state index is -4.16. The van der Waals surface area contributed by atoms with Crippen molar-refractivity contribution in [2.45, 2.75) is 18.7 Å². The van der Waals surface area contributed by atoms with E-state index in [1.807, 2.05) is 0 Å². The third kappa shape index (κ3) is 3.08. The Bertz CT molecular complexity index is 1160. The number of benzene rings is 1. The van der Waals surface area contributed by atoms with Crippen LogP contribution in [0, 0.1) is 13.8 Å². The maximum atomic E-state index is 12.7. The number of anilines is 1. The average Bonchev–Trinajstić information content (AvgIpc) is 2.95. The summed E-state index contributed by atoms with van der Waals surface area (Å²) in [5.74, 6) is -0.531. The van der Waals surface area contributed by atoms with Gasteiger partial charge < -0.3 is 4.74 Å². The van der Waals surface area contributed by atoms with Gasteiger partial charge in [-0.3, -0.25) is 13.9 Å². The highest BCUT2D eigenvalue weighted by molar-refractivity contribution is 7.92. The van der Waals surface area contributed by atoms with Crippen LogP contribution in [0.4, 0.5) is 5.69 Å². The van der Waals surface area contributed by atoms with Crippen LogP contribution in [0.1, 0.15) is 21.7 Å². The van der Waals surface area contributed by atoms with E-state index in [4.69, 9.17) is 0 Å². The Morgan fingerprint density at radius 2 is 1.88 bits per heavy atom. The van der Waals surface area contributed by atoms with Crippen molar-refractivity contribution in [3.8, 4) is 0 Å². The van der Waals surface area contributed by atoms with Gasteiger partial charge >= 0.3 is 5.97 Å². The van der Waals surface area contributed by atoms with E-state index in [2.05, 4.69) is 14.4 Å². The molecule has 0 saturated heterocycles. The van der Waals surface area contributed by atoms with Crippen LogP contribution in [-0.4, -0.2) is 30.9 Å². The number of sulfonamides is 1. The molecule has 0 radical (unpaired) electrons. The Morgan fingerprint density at radius 3 is 2.50 bits per heavy atom. The topological polar surface area (TPSA) is 107 Å². The first-order chi connectivity index (χ1) is 12.2. The third-order valence-electron chi connectivity index (χ3n) is 3.70. The lowest BCUT2D eigenvalue weighted by atomic mass is 10.2. The molecule has 0 spiro atoms. The Kier molecular flexibility index (Phi) is 4.55. The van der Waals surface area contributed by atoms with Crippen LogP contribution >= 0.6 is 11.3 Å². The summed E-state index contributed by atoms with van der Waals surface area (Å²) in [6.07, 6.45) is 0. The molecule has 0 amide bonds. The lowest BCUT2D eigenvalue weighted by Crippen LogP contribution is -2.28. The zero-order chi connectivity index (χ0) is 19.1. The molecule has 0 aliphatic rings. The highest BCUT2D eigenvalue weighted by Crippen LogP contribution is 2.19. The maximum absolute atomic E-state index is 12.7. The fraction of sp³-hybridized carbons (Fsp3) is 0.188. The van der Waals surface area contributed by atoms with Crippen LogP contribution in [0.5, 0.6) is 0 Å². The number of aryl methyl sites for hydroxylation is 2. The van der Waals surface area contributed by atoms with E-state index in [0.717, 1.165) is 0 Å². The summed E-state index contributed by atoms with van der Waals surface area (Å²) in [4.78, 5) is 28.4. The van der Waals surface area contributed by atoms with Gasteiger partial charge in [0.15, 0.2) is 9.86 Å². The second kappa shape index (κ2) is 6.54. The largest absolute Gasteiger partial charge is 0.465 e. The number of carbonyl (C=O) groups is 1. The van der Waals surface area contributed by atoms with E-state index in [1.54, 1.807) is 12.3 Å². The van der Waals surface area contributed by atoms with Crippen molar-refractivity contribution in [2.24, 2.45) is 0 Å². The van der Waals surface area contributed by atoms with Crippen molar-refractivity contribution < 1.29 is 17.9 Å². The molecule has 3 rings (SSSR count). The van der Waals surface area contributed by atoms with Gasteiger partial charge in [0.1, 0.15) is 0 Å². The number of thiazole rings is 1. The number of fused-ring (bicyclic) bond motifs is 1. The summed E-state index contributed by atoms with van der Waals surface area (Å²) in [5, 5.41) is 1.73. The molecule has 10 heteroatoms. The van der Waals surface area contributed by atoms with Gasteiger partial charge in [-0.1, -0.05) is 0 Å². The molecule has 0 aliphatic carbocycles.